The summed E-state index contributed by atoms with van der Waals surface area (Å²) in [7, 11) is 1.63. The van der Waals surface area contributed by atoms with E-state index in [0.717, 1.165) is 12.8 Å². The lowest BCUT2D eigenvalue weighted by atomic mass is 10.2. The van der Waals surface area contributed by atoms with E-state index in [4.69, 9.17) is 10.5 Å². The van der Waals surface area contributed by atoms with Gasteiger partial charge >= 0.3 is 0 Å². The SMILES string of the molecule is COC(C)CNC(=O)CCCCN. The standard InChI is InChI=1S/C9H20N2O2/c1-8(13-2)7-11-9(12)5-3-4-6-10/h8H,3-7,10H2,1-2H3,(H,11,12). The fraction of sp³-hybridized carbons (Fsp3) is 0.889. The van der Waals surface area contributed by atoms with Crippen molar-refractivity contribution in [3.63, 3.8) is 0 Å². The Morgan fingerprint density at radius 1 is 1.54 bits per heavy atom. The molecule has 1 atom stereocenters. The van der Waals surface area contributed by atoms with Gasteiger partial charge in [-0.15, -0.1) is 0 Å². The largest absolute Gasteiger partial charge is 0.380 e. The van der Waals surface area contributed by atoms with Gasteiger partial charge in [-0.3, -0.25) is 4.79 Å². The van der Waals surface area contributed by atoms with Gasteiger partial charge < -0.3 is 15.8 Å². The van der Waals surface area contributed by atoms with Gasteiger partial charge in [-0.2, -0.15) is 0 Å². The molecule has 1 amide bonds. The summed E-state index contributed by atoms with van der Waals surface area (Å²) in [5, 5.41) is 2.79. The van der Waals surface area contributed by atoms with Crippen LogP contribution in [0, 0.1) is 0 Å². The molecule has 0 aromatic carbocycles. The predicted octanol–water partition coefficient (Wildman–Crippen LogP) is 0.267. The highest BCUT2D eigenvalue weighted by atomic mass is 16.5. The fourth-order valence-electron chi connectivity index (χ4n) is 0.859. The van der Waals surface area contributed by atoms with Crippen LogP contribution >= 0.6 is 0 Å². The second-order valence-corrected chi connectivity index (χ2v) is 3.10. The minimum Gasteiger partial charge on any atom is -0.380 e. The molecule has 4 heteroatoms. The van der Waals surface area contributed by atoms with Gasteiger partial charge in [0, 0.05) is 20.1 Å². The number of hydrogen-bond acceptors (Lipinski definition) is 3. The quantitative estimate of drug-likeness (QED) is 0.563. The topological polar surface area (TPSA) is 64.3 Å². The van der Waals surface area contributed by atoms with Crippen LogP contribution in [0.1, 0.15) is 26.2 Å². The number of carbonyl (C=O) groups excluding carboxylic acids is 1. The summed E-state index contributed by atoms with van der Waals surface area (Å²) in [5.74, 6) is 0.0809. The third-order valence-electron chi connectivity index (χ3n) is 1.85. The van der Waals surface area contributed by atoms with Crippen LogP contribution in [0.4, 0.5) is 0 Å². The normalized spacial score (nSPS) is 12.5. The molecule has 1 unspecified atom stereocenters. The van der Waals surface area contributed by atoms with E-state index in [9.17, 15) is 4.79 Å². The number of unbranched alkanes of at least 4 members (excludes halogenated alkanes) is 1. The Labute approximate surface area is 79.8 Å². The minimum absolute atomic E-state index is 0.0809. The van der Waals surface area contributed by atoms with E-state index < -0.39 is 0 Å². The second-order valence-electron chi connectivity index (χ2n) is 3.10. The number of rotatable bonds is 7. The fourth-order valence-corrected chi connectivity index (χ4v) is 0.859. The Morgan fingerprint density at radius 3 is 2.77 bits per heavy atom. The number of carbonyl (C=O) groups is 1. The molecule has 0 heterocycles. The molecule has 0 aromatic rings. The predicted molar refractivity (Wildman–Crippen MR) is 52.4 cm³/mol. The van der Waals surface area contributed by atoms with Gasteiger partial charge in [0.05, 0.1) is 6.10 Å². The second kappa shape index (κ2) is 8.01. The molecule has 0 saturated carbocycles. The van der Waals surface area contributed by atoms with Gasteiger partial charge in [0.2, 0.25) is 5.91 Å². The zero-order valence-electron chi connectivity index (χ0n) is 8.51. The number of methoxy groups -OCH3 is 1. The Morgan fingerprint density at radius 2 is 2.23 bits per heavy atom. The summed E-state index contributed by atoms with van der Waals surface area (Å²) < 4.78 is 4.99. The van der Waals surface area contributed by atoms with Gasteiger partial charge in [-0.1, -0.05) is 0 Å². The van der Waals surface area contributed by atoms with Gasteiger partial charge in [-0.25, -0.2) is 0 Å². The third-order valence-corrected chi connectivity index (χ3v) is 1.85. The van der Waals surface area contributed by atoms with Crippen LogP contribution in [-0.4, -0.2) is 32.2 Å². The van der Waals surface area contributed by atoms with E-state index in [1.54, 1.807) is 7.11 Å². The highest BCUT2D eigenvalue weighted by Crippen LogP contribution is 1.93. The average molecular weight is 188 g/mol. The molecule has 0 aliphatic heterocycles. The van der Waals surface area contributed by atoms with E-state index in [1.165, 1.54) is 0 Å². The van der Waals surface area contributed by atoms with E-state index in [1.807, 2.05) is 6.92 Å². The zero-order chi connectivity index (χ0) is 10.1. The van der Waals surface area contributed by atoms with E-state index in [-0.39, 0.29) is 12.0 Å². The number of hydrogen-bond donors (Lipinski definition) is 2. The number of amides is 1. The number of ether oxygens (including phenoxy) is 1. The first kappa shape index (κ1) is 12.4. The van der Waals surface area contributed by atoms with Crippen molar-refractivity contribution in [2.24, 2.45) is 5.73 Å². The monoisotopic (exact) mass is 188 g/mol. The minimum atomic E-state index is 0.0809. The van der Waals surface area contributed by atoms with Crippen molar-refractivity contribution in [3.05, 3.63) is 0 Å². The number of nitrogens with two attached hydrogens (primary N) is 1. The maximum Gasteiger partial charge on any atom is 0.220 e. The summed E-state index contributed by atoms with van der Waals surface area (Å²) in [4.78, 5) is 11.1. The van der Waals surface area contributed by atoms with Crippen LogP contribution in [0.25, 0.3) is 0 Å². The van der Waals surface area contributed by atoms with Crippen molar-refractivity contribution in [2.45, 2.75) is 32.3 Å². The third kappa shape index (κ3) is 7.74. The molecule has 4 nitrogen and oxygen atoms in total. The van der Waals surface area contributed by atoms with Crippen LogP contribution in [0.15, 0.2) is 0 Å². The average Bonchev–Trinajstić information content (AvgIpc) is 2.14. The lowest BCUT2D eigenvalue weighted by Crippen LogP contribution is -2.31. The van der Waals surface area contributed by atoms with Crippen molar-refractivity contribution in [2.75, 3.05) is 20.2 Å². The summed E-state index contributed by atoms with van der Waals surface area (Å²) >= 11 is 0. The summed E-state index contributed by atoms with van der Waals surface area (Å²) in [6, 6.07) is 0. The van der Waals surface area contributed by atoms with Crippen LogP contribution < -0.4 is 11.1 Å². The molecule has 0 spiro atoms. The lowest BCUT2D eigenvalue weighted by molar-refractivity contribution is -0.121. The van der Waals surface area contributed by atoms with Gasteiger partial charge in [0.25, 0.3) is 0 Å². The summed E-state index contributed by atoms with van der Waals surface area (Å²) in [6.45, 7) is 3.15. The molecule has 13 heavy (non-hydrogen) atoms. The maximum absolute atomic E-state index is 11.1. The van der Waals surface area contributed by atoms with Crippen molar-refractivity contribution in [1.82, 2.24) is 5.32 Å². The lowest BCUT2D eigenvalue weighted by Gasteiger charge is -2.10. The Balaban J connectivity index is 3.30. The number of nitrogens with one attached hydrogen (secondary N) is 1. The van der Waals surface area contributed by atoms with Gasteiger partial charge in [0.1, 0.15) is 0 Å². The molecule has 0 aliphatic rings. The molecule has 3 N–H and O–H groups in total. The van der Waals surface area contributed by atoms with E-state index >= 15 is 0 Å². The molecule has 0 aliphatic carbocycles. The first-order valence-corrected chi connectivity index (χ1v) is 4.70. The smallest absolute Gasteiger partial charge is 0.220 e. The zero-order valence-corrected chi connectivity index (χ0v) is 8.51. The van der Waals surface area contributed by atoms with Crippen LogP contribution in [-0.2, 0) is 9.53 Å². The van der Waals surface area contributed by atoms with E-state index in [0.29, 0.717) is 19.5 Å². The van der Waals surface area contributed by atoms with Crippen LogP contribution in [0.2, 0.25) is 0 Å². The molecule has 0 radical (unpaired) electrons. The van der Waals surface area contributed by atoms with Crippen molar-refractivity contribution in [3.8, 4) is 0 Å². The molecule has 78 valence electrons. The maximum atomic E-state index is 11.1. The first-order chi connectivity index (χ1) is 6.20. The molecule has 0 fully saturated rings. The highest BCUT2D eigenvalue weighted by molar-refractivity contribution is 5.75. The first-order valence-electron chi connectivity index (χ1n) is 4.70. The van der Waals surface area contributed by atoms with Crippen molar-refractivity contribution in [1.29, 1.82) is 0 Å². The highest BCUT2D eigenvalue weighted by Gasteiger charge is 2.03. The van der Waals surface area contributed by atoms with Crippen molar-refractivity contribution < 1.29 is 9.53 Å². The van der Waals surface area contributed by atoms with Crippen LogP contribution in [0.3, 0.4) is 0 Å². The summed E-state index contributed by atoms with van der Waals surface area (Å²) in [6.07, 6.45) is 2.42. The Kier molecular flexibility index (Phi) is 7.63. The molecule has 0 rings (SSSR count). The van der Waals surface area contributed by atoms with Gasteiger partial charge in [-0.05, 0) is 26.3 Å². The molecule has 0 bridgehead atoms. The Hall–Kier alpha value is -0.610. The Bertz CT molecular complexity index is 140. The molecule has 0 saturated heterocycles. The van der Waals surface area contributed by atoms with Gasteiger partial charge in [0.15, 0.2) is 0 Å². The van der Waals surface area contributed by atoms with Crippen molar-refractivity contribution >= 4 is 5.91 Å². The van der Waals surface area contributed by atoms with E-state index in [2.05, 4.69) is 5.32 Å². The molecule has 0 aromatic heterocycles. The van der Waals surface area contributed by atoms with Crippen LogP contribution in [0.5, 0.6) is 0 Å². The summed E-state index contributed by atoms with van der Waals surface area (Å²) in [5.41, 5.74) is 5.31. The molecular weight excluding hydrogens is 168 g/mol. The molecular formula is C9H20N2O2.